The van der Waals surface area contributed by atoms with E-state index in [9.17, 15) is 36.8 Å². The van der Waals surface area contributed by atoms with Crippen molar-refractivity contribution in [2.45, 2.75) is 109 Å². The number of amides is 3. The largest absolute Gasteiger partial charge is 0.510 e. The molecule has 10 rings (SSSR count). The summed E-state index contributed by atoms with van der Waals surface area (Å²) < 4.78 is 90.1. The highest BCUT2D eigenvalue weighted by molar-refractivity contribution is 7.90. The number of benzene rings is 3. The first-order chi connectivity index (χ1) is 39.6. The lowest BCUT2D eigenvalue weighted by Gasteiger charge is -2.40. The Bertz CT molecular complexity index is 3390. The SMILES string of the molecule is CCC(C)(N)OCCC(C)(CC)OC(=O)OCN1C(=O)CCC(N2Cc3cc(N4CCC(CN5CCN(c6ccc(-c7cnc8[nH]cc(C(=O)c9c(F)ccc(NS(=O)(=O)N%10CC[C@@H](F)C%10)c9F)c8c7)cc6)CC5)CC4)ccc3C2=O)C1=O. The fourth-order valence-electron chi connectivity index (χ4n) is 11.5. The minimum Gasteiger partial charge on any atom is -0.428 e. The highest BCUT2D eigenvalue weighted by Crippen LogP contribution is 2.36. The molecule has 2 aromatic heterocycles. The molecular weight excluding hydrogens is 1100 g/mol. The number of hydrogen-bond donors (Lipinski definition) is 3. The van der Waals surface area contributed by atoms with Gasteiger partial charge in [-0.2, -0.15) is 12.7 Å². The van der Waals surface area contributed by atoms with Gasteiger partial charge in [-0.25, -0.2) is 27.8 Å². The first-order valence-electron chi connectivity index (χ1n) is 28.4. The van der Waals surface area contributed by atoms with E-state index in [1.54, 1.807) is 26.1 Å². The predicted molar refractivity (Wildman–Crippen MR) is 304 cm³/mol. The summed E-state index contributed by atoms with van der Waals surface area (Å²) >= 11 is 0. The van der Waals surface area contributed by atoms with Crippen LogP contribution in [-0.4, -0.2) is 163 Å². The monoisotopic (exact) mass is 1170 g/mol. The molecule has 5 aliphatic heterocycles. The van der Waals surface area contributed by atoms with Crippen LogP contribution in [0.25, 0.3) is 22.2 Å². The molecule has 3 aromatic carbocycles. The zero-order chi connectivity index (χ0) is 59.0. The number of imide groups is 1. The van der Waals surface area contributed by atoms with Crippen LogP contribution in [0.5, 0.6) is 0 Å². The van der Waals surface area contributed by atoms with Crippen LogP contribution in [0.1, 0.15) is 111 Å². The molecule has 0 bridgehead atoms. The number of aromatic amines is 1. The van der Waals surface area contributed by atoms with Crippen LogP contribution in [0.4, 0.5) is 35.0 Å². The van der Waals surface area contributed by atoms with Crippen molar-refractivity contribution in [2.24, 2.45) is 11.7 Å². The number of hydrogen-bond acceptors (Lipinski definition) is 15. The molecule has 5 aliphatic rings. The quantitative estimate of drug-likeness (QED) is 0.0293. The number of nitrogens with zero attached hydrogens (tertiary/aromatic N) is 7. The van der Waals surface area contributed by atoms with E-state index in [1.165, 1.54) is 11.1 Å². The second-order valence-corrected chi connectivity index (χ2v) is 24.4. The molecule has 444 valence electrons. The summed E-state index contributed by atoms with van der Waals surface area (Å²) in [5.74, 6) is -4.46. The van der Waals surface area contributed by atoms with E-state index in [0.29, 0.717) is 47.3 Å². The van der Waals surface area contributed by atoms with E-state index >= 15 is 8.78 Å². The lowest BCUT2D eigenvalue weighted by molar-refractivity contribution is -0.158. The molecule has 5 aromatic rings. The van der Waals surface area contributed by atoms with Gasteiger partial charge in [0.1, 0.15) is 35.0 Å². The number of piperazine rings is 1. The van der Waals surface area contributed by atoms with Gasteiger partial charge in [-0.1, -0.05) is 26.0 Å². The zero-order valence-electron chi connectivity index (χ0n) is 47.1. The maximum atomic E-state index is 15.8. The van der Waals surface area contributed by atoms with E-state index < -0.39 is 93.7 Å². The maximum Gasteiger partial charge on any atom is 0.510 e. The number of alkyl halides is 1. The first kappa shape index (κ1) is 59.1. The summed E-state index contributed by atoms with van der Waals surface area (Å²) in [5.41, 5.74) is 7.89. The van der Waals surface area contributed by atoms with Gasteiger partial charge in [0.15, 0.2) is 12.5 Å². The summed E-state index contributed by atoms with van der Waals surface area (Å²) in [7, 11) is -4.37. The number of aromatic nitrogens is 2. The zero-order valence-corrected chi connectivity index (χ0v) is 48.0. The summed E-state index contributed by atoms with van der Waals surface area (Å²) in [6.45, 7) is 12.8. The molecule has 4 saturated heterocycles. The number of nitrogens with one attached hydrogen (secondary N) is 2. The van der Waals surface area contributed by atoms with Crippen molar-refractivity contribution < 1.29 is 59.8 Å². The number of ether oxygens (including phenoxy) is 3. The van der Waals surface area contributed by atoms with Crippen molar-refractivity contribution in [2.75, 3.05) is 86.8 Å². The van der Waals surface area contributed by atoms with Gasteiger partial charge in [-0.15, -0.1) is 0 Å². The fraction of sp³-hybridized carbons (Fsp3) is 0.492. The molecule has 0 spiro atoms. The Morgan fingerprint density at radius 1 is 0.867 bits per heavy atom. The van der Waals surface area contributed by atoms with E-state index in [-0.39, 0.29) is 50.4 Å². The van der Waals surface area contributed by atoms with Crippen LogP contribution in [0, 0.1) is 17.6 Å². The summed E-state index contributed by atoms with van der Waals surface area (Å²) in [6, 6.07) is 16.3. The number of nitrogens with two attached hydrogens (primary N) is 1. The van der Waals surface area contributed by atoms with E-state index in [4.69, 9.17) is 19.9 Å². The number of H-pyrrole nitrogens is 1. The Balaban J connectivity index is 0.683. The molecular formula is C59H71F3N10O10S. The van der Waals surface area contributed by atoms with Crippen molar-refractivity contribution in [3.63, 3.8) is 0 Å². The molecule has 7 heterocycles. The van der Waals surface area contributed by atoms with Gasteiger partial charge in [0, 0.05) is 124 Å². The van der Waals surface area contributed by atoms with Gasteiger partial charge in [0.25, 0.3) is 11.8 Å². The Labute approximate surface area is 480 Å². The Morgan fingerprint density at radius 3 is 2.29 bits per heavy atom. The van der Waals surface area contributed by atoms with Crippen LogP contribution in [0.15, 0.2) is 73.1 Å². The third kappa shape index (κ3) is 12.9. The smallest absolute Gasteiger partial charge is 0.428 e. The predicted octanol–water partition coefficient (Wildman–Crippen LogP) is 7.72. The Morgan fingerprint density at radius 2 is 1.59 bits per heavy atom. The maximum absolute atomic E-state index is 15.8. The molecule has 0 saturated carbocycles. The number of piperidine rings is 2. The Hall–Kier alpha value is -7.12. The third-order valence-corrected chi connectivity index (χ3v) is 18.6. The molecule has 0 aliphatic carbocycles. The van der Waals surface area contributed by atoms with Gasteiger partial charge < -0.3 is 39.6 Å². The molecule has 24 heteroatoms. The normalized spacial score (nSPS) is 20.9. The van der Waals surface area contributed by atoms with Crippen LogP contribution in [0.3, 0.4) is 0 Å². The number of likely N-dealkylation sites (tertiary alicyclic amines) is 1. The van der Waals surface area contributed by atoms with Gasteiger partial charge in [0.2, 0.25) is 11.7 Å². The van der Waals surface area contributed by atoms with Crippen LogP contribution < -0.4 is 20.3 Å². The van der Waals surface area contributed by atoms with Gasteiger partial charge in [0.05, 0.1) is 17.9 Å². The lowest BCUT2D eigenvalue weighted by Crippen LogP contribution is -2.55. The second-order valence-electron chi connectivity index (χ2n) is 22.7. The second kappa shape index (κ2) is 24.2. The number of carbonyl (C=O) groups is 5. The molecule has 0 radical (unpaired) electrons. The summed E-state index contributed by atoms with van der Waals surface area (Å²) in [4.78, 5) is 84.2. The number of fused-ring (bicyclic) bond motifs is 2. The average Bonchev–Trinajstić information content (AvgIpc) is 3.89. The van der Waals surface area contributed by atoms with E-state index in [1.807, 2.05) is 61.0 Å². The van der Waals surface area contributed by atoms with Gasteiger partial charge in [-0.3, -0.25) is 28.8 Å². The van der Waals surface area contributed by atoms with Crippen molar-refractivity contribution in [1.82, 2.24) is 29.0 Å². The van der Waals surface area contributed by atoms with Crippen molar-refractivity contribution in [3.05, 3.63) is 107 Å². The molecule has 3 unspecified atom stereocenters. The van der Waals surface area contributed by atoms with Crippen LogP contribution >= 0.6 is 0 Å². The number of carbonyl (C=O) groups excluding carboxylic acids is 5. The molecule has 4 N–H and O–H groups in total. The first-order valence-corrected chi connectivity index (χ1v) is 29.9. The number of anilines is 3. The van der Waals surface area contributed by atoms with Crippen LogP contribution in [-0.2, 0) is 40.6 Å². The molecule has 20 nitrogen and oxygen atoms in total. The van der Waals surface area contributed by atoms with Crippen molar-refractivity contribution in [1.29, 1.82) is 0 Å². The highest BCUT2D eigenvalue weighted by atomic mass is 32.2. The Kier molecular flexibility index (Phi) is 17.2. The average molecular weight is 1170 g/mol. The van der Waals surface area contributed by atoms with Crippen molar-refractivity contribution >= 4 is 68.0 Å². The van der Waals surface area contributed by atoms with Gasteiger partial charge in [-0.05, 0) is 118 Å². The van der Waals surface area contributed by atoms with Crippen LogP contribution in [0.2, 0.25) is 0 Å². The number of ketones is 1. The molecule has 4 fully saturated rings. The standard InChI is InChI=1S/C59H71F3N10O10S/c1-5-58(3,20-28-81-59(4,63)6-2)82-57(77)80-36-72-50(73)16-15-49(56(72)76)71-34-40-29-43(11-12-44(40)55(71)75)68-21-17-37(18-22-68)33-67-24-26-69(27-25-67)42-9-7-38(8-10-42)39-30-45-46(32-65-54(45)64-31-39)53(74)51-47(61)13-14-48(52(51)62)66-83(78,79)70-23-19-41(60)35-70/h7-14,29-32,37,41,49,66H,5-6,15-28,33-36,63H2,1-4H3,(H,64,65)/t41-,49?,58?,59?/m1/s1. The molecule has 4 atom stereocenters. The fourth-order valence-corrected chi connectivity index (χ4v) is 12.8. The van der Waals surface area contributed by atoms with E-state index in [0.717, 1.165) is 102 Å². The number of halogens is 3. The topological polar surface area (TPSA) is 233 Å². The summed E-state index contributed by atoms with van der Waals surface area (Å²) in [5, 5.41) is 0.319. The van der Waals surface area contributed by atoms with Crippen molar-refractivity contribution in [3.8, 4) is 11.1 Å². The molecule has 83 heavy (non-hydrogen) atoms. The molecule has 3 amide bonds. The lowest BCUT2D eigenvalue weighted by atomic mass is 9.95. The number of pyridine rings is 1. The van der Waals surface area contributed by atoms with E-state index in [2.05, 4.69) is 24.7 Å². The third-order valence-electron chi connectivity index (χ3n) is 17.1. The van der Waals surface area contributed by atoms with Gasteiger partial charge >= 0.3 is 16.4 Å². The summed E-state index contributed by atoms with van der Waals surface area (Å²) in [6.07, 6.45) is 4.15. The minimum atomic E-state index is -4.37. The highest BCUT2D eigenvalue weighted by Gasteiger charge is 2.44. The number of rotatable bonds is 20. The minimum absolute atomic E-state index is 0.00345.